The molecule has 1 N–H and O–H groups in total. The summed E-state index contributed by atoms with van der Waals surface area (Å²) < 4.78 is 3.03. The number of hydrogen-bond acceptors (Lipinski definition) is 2. The van der Waals surface area contributed by atoms with Crippen LogP contribution in [-0.2, 0) is 6.54 Å². The van der Waals surface area contributed by atoms with E-state index in [0.29, 0.717) is 0 Å². The molecule has 0 atom stereocenters. The fraction of sp³-hybridized carbons (Fsp3) is 0.286. The minimum absolute atomic E-state index is 0.919. The molecule has 2 nitrogen and oxygen atoms in total. The Labute approximate surface area is 64.5 Å². The number of anilines is 1. The molecule has 0 aliphatic carbocycles. The molecule has 0 radical (unpaired) electrons. The Balaban J connectivity index is 2.70. The summed E-state index contributed by atoms with van der Waals surface area (Å²) in [6, 6.07) is 5.97. The highest BCUT2D eigenvalue weighted by molar-refractivity contribution is 7.71. The fourth-order valence-corrected chi connectivity index (χ4v) is 1.47. The Kier molecular flexibility index (Phi) is 1.24. The lowest BCUT2D eigenvalue weighted by molar-refractivity contribution is 0.791. The quantitative estimate of drug-likeness (QED) is 0.569. The van der Waals surface area contributed by atoms with Crippen LogP contribution in [0.5, 0.6) is 0 Å². The van der Waals surface area contributed by atoms with Gasteiger partial charge in [-0.05, 0) is 12.1 Å². The van der Waals surface area contributed by atoms with Crippen LogP contribution in [0.1, 0.15) is 0 Å². The summed E-state index contributed by atoms with van der Waals surface area (Å²) in [7, 11) is 0. The van der Waals surface area contributed by atoms with Gasteiger partial charge in [-0.2, -0.15) is 0 Å². The van der Waals surface area contributed by atoms with E-state index in [1.807, 2.05) is 18.2 Å². The lowest BCUT2D eigenvalue weighted by Gasteiger charge is -1.99. The van der Waals surface area contributed by atoms with E-state index in [1.165, 1.54) is 0 Å². The zero-order valence-corrected chi connectivity index (χ0v) is 6.32. The second-order valence-electron chi connectivity index (χ2n) is 2.33. The molecule has 10 heavy (non-hydrogen) atoms. The van der Waals surface area contributed by atoms with Crippen molar-refractivity contribution in [2.24, 2.45) is 0 Å². The molecule has 2 rings (SSSR count). The van der Waals surface area contributed by atoms with Gasteiger partial charge in [0, 0.05) is 13.1 Å². The Morgan fingerprint density at radius 3 is 3.20 bits per heavy atom. The maximum Gasteiger partial charge on any atom is 0.107 e. The molecule has 1 aromatic heterocycles. The minimum Gasteiger partial charge on any atom is -0.370 e. The van der Waals surface area contributed by atoms with Gasteiger partial charge in [0.05, 0.1) is 0 Å². The molecule has 0 bridgehead atoms. The van der Waals surface area contributed by atoms with Crippen molar-refractivity contribution in [2.45, 2.75) is 6.54 Å². The summed E-state index contributed by atoms with van der Waals surface area (Å²) in [5.74, 6) is 1.15. The number of pyridine rings is 1. The van der Waals surface area contributed by atoms with E-state index in [9.17, 15) is 0 Å². The monoisotopic (exact) mass is 152 g/mol. The molecule has 1 aliphatic rings. The average molecular weight is 152 g/mol. The molecule has 2 heterocycles. The third kappa shape index (κ3) is 0.743. The Bertz CT molecular complexity index is 303. The van der Waals surface area contributed by atoms with Gasteiger partial charge in [0.2, 0.25) is 0 Å². The van der Waals surface area contributed by atoms with Gasteiger partial charge in [0.25, 0.3) is 0 Å². The van der Waals surface area contributed by atoms with Gasteiger partial charge in [-0.1, -0.05) is 18.3 Å². The van der Waals surface area contributed by atoms with Crippen molar-refractivity contribution in [3.8, 4) is 0 Å². The van der Waals surface area contributed by atoms with Gasteiger partial charge < -0.3 is 9.88 Å². The van der Waals surface area contributed by atoms with Crippen LogP contribution in [0.15, 0.2) is 18.2 Å². The Morgan fingerprint density at radius 2 is 2.40 bits per heavy atom. The molecule has 0 saturated carbocycles. The van der Waals surface area contributed by atoms with Crippen molar-refractivity contribution in [3.05, 3.63) is 22.8 Å². The first-order valence-corrected chi connectivity index (χ1v) is 3.72. The summed E-state index contributed by atoms with van der Waals surface area (Å²) >= 11 is 5.10. The molecule has 0 unspecified atom stereocenters. The zero-order chi connectivity index (χ0) is 6.97. The van der Waals surface area contributed by atoms with E-state index in [2.05, 4.69) is 9.88 Å². The number of aromatic nitrogens is 1. The standard InChI is InChI=1S/C7H8N2S/c10-7-3-1-2-6-8-4-5-9(6)7/h1-3,8H,4-5H2. The van der Waals surface area contributed by atoms with Crippen LogP contribution in [-0.4, -0.2) is 11.1 Å². The predicted octanol–water partition coefficient (Wildman–Crippen LogP) is 1.64. The SMILES string of the molecule is S=c1cccc2n1CCN2. The number of hydrogen-bond donors (Lipinski definition) is 1. The smallest absolute Gasteiger partial charge is 0.107 e. The molecular weight excluding hydrogens is 144 g/mol. The highest BCUT2D eigenvalue weighted by atomic mass is 32.1. The molecule has 0 fully saturated rings. The van der Waals surface area contributed by atoms with Crippen LogP contribution in [0.4, 0.5) is 5.82 Å². The van der Waals surface area contributed by atoms with Gasteiger partial charge in [-0.3, -0.25) is 0 Å². The molecule has 0 spiro atoms. The molecule has 3 heteroatoms. The van der Waals surface area contributed by atoms with Crippen molar-refractivity contribution in [3.63, 3.8) is 0 Å². The maximum atomic E-state index is 5.10. The average Bonchev–Trinajstić information content (AvgIpc) is 2.36. The summed E-state index contributed by atoms with van der Waals surface area (Å²) in [5.41, 5.74) is 0. The summed E-state index contributed by atoms with van der Waals surface area (Å²) in [6.07, 6.45) is 0. The first-order valence-electron chi connectivity index (χ1n) is 3.32. The van der Waals surface area contributed by atoms with Crippen molar-refractivity contribution in [1.29, 1.82) is 0 Å². The molecule has 0 saturated heterocycles. The minimum atomic E-state index is 0.919. The van der Waals surface area contributed by atoms with Crippen LogP contribution in [0.3, 0.4) is 0 Å². The van der Waals surface area contributed by atoms with E-state index in [0.717, 1.165) is 23.5 Å². The summed E-state index contributed by atoms with van der Waals surface area (Å²) in [6.45, 7) is 2.02. The molecule has 52 valence electrons. The zero-order valence-electron chi connectivity index (χ0n) is 5.50. The van der Waals surface area contributed by atoms with Crippen LogP contribution in [0.2, 0.25) is 0 Å². The van der Waals surface area contributed by atoms with Crippen LogP contribution in [0, 0.1) is 4.64 Å². The molecule has 0 aromatic carbocycles. The summed E-state index contributed by atoms with van der Waals surface area (Å²) in [4.78, 5) is 0. The largest absolute Gasteiger partial charge is 0.370 e. The van der Waals surface area contributed by atoms with Gasteiger partial charge in [0.15, 0.2) is 0 Å². The lowest BCUT2D eigenvalue weighted by atomic mass is 10.4. The fourth-order valence-electron chi connectivity index (χ4n) is 1.20. The van der Waals surface area contributed by atoms with Crippen molar-refractivity contribution >= 4 is 18.0 Å². The normalized spacial score (nSPS) is 14.4. The number of nitrogens with one attached hydrogen (secondary N) is 1. The topological polar surface area (TPSA) is 17.0 Å². The van der Waals surface area contributed by atoms with E-state index >= 15 is 0 Å². The van der Waals surface area contributed by atoms with Crippen molar-refractivity contribution in [2.75, 3.05) is 11.9 Å². The summed E-state index contributed by atoms with van der Waals surface area (Å²) in [5, 5.41) is 3.24. The highest BCUT2D eigenvalue weighted by Gasteiger charge is 2.05. The van der Waals surface area contributed by atoms with Gasteiger partial charge in [-0.15, -0.1) is 0 Å². The second kappa shape index (κ2) is 2.09. The van der Waals surface area contributed by atoms with Gasteiger partial charge in [-0.25, -0.2) is 0 Å². The Morgan fingerprint density at radius 1 is 1.50 bits per heavy atom. The van der Waals surface area contributed by atoms with Crippen LogP contribution in [0.25, 0.3) is 0 Å². The Hall–Kier alpha value is -0.830. The molecule has 1 aromatic rings. The van der Waals surface area contributed by atoms with Crippen molar-refractivity contribution in [1.82, 2.24) is 4.57 Å². The molecule has 0 amide bonds. The third-order valence-electron chi connectivity index (χ3n) is 1.69. The van der Waals surface area contributed by atoms with Gasteiger partial charge >= 0.3 is 0 Å². The highest BCUT2D eigenvalue weighted by Crippen LogP contribution is 2.13. The molecular formula is C7H8N2S. The van der Waals surface area contributed by atoms with E-state index in [1.54, 1.807) is 0 Å². The van der Waals surface area contributed by atoms with Crippen molar-refractivity contribution < 1.29 is 0 Å². The number of fused-ring (bicyclic) bond motifs is 1. The van der Waals surface area contributed by atoms with Crippen LogP contribution < -0.4 is 5.32 Å². The second-order valence-corrected chi connectivity index (χ2v) is 2.75. The lowest BCUT2D eigenvalue weighted by Crippen LogP contribution is -1.93. The molecule has 1 aliphatic heterocycles. The third-order valence-corrected chi connectivity index (χ3v) is 2.05. The van der Waals surface area contributed by atoms with E-state index in [4.69, 9.17) is 12.2 Å². The van der Waals surface area contributed by atoms with E-state index < -0.39 is 0 Å². The van der Waals surface area contributed by atoms with Crippen LogP contribution >= 0.6 is 12.2 Å². The first kappa shape index (κ1) is 5.92. The van der Waals surface area contributed by atoms with Gasteiger partial charge in [0.1, 0.15) is 10.5 Å². The number of rotatable bonds is 0. The predicted molar refractivity (Wildman–Crippen MR) is 43.8 cm³/mol. The van der Waals surface area contributed by atoms with E-state index in [-0.39, 0.29) is 0 Å². The maximum absolute atomic E-state index is 5.10. The number of nitrogens with zero attached hydrogens (tertiary/aromatic N) is 1. The first-order chi connectivity index (χ1) is 4.88.